The van der Waals surface area contributed by atoms with Crippen LogP contribution in [0.1, 0.15) is 42.5 Å². The van der Waals surface area contributed by atoms with Crippen molar-refractivity contribution in [1.29, 1.82) is 0 Å². The molecule has 0 atom stereocenters. The summed E-state index contributed by atoms with van der Waals surface area (Å²) in [5, 5.41) is 2.79. The Balaban J connectivity index is 1.93. The summed E-state index contributed by atoms with van der Waals surface area (Å²) in [5.41, 5.74) is 0.498. The van der Waals surface area contributed by atoms with E-state index in [1.54, 1.807) is 31.4 Å². The van der Waals surface area contributed by atoms with Gasteiger partial charge in [0, 0.05) is 24.7 Å². The zero-order valence-electron chi connectivity index (χ0n) is 14.3. The summed E-state index contributed by atoms with van der Waals surface area (Å²) in [6.45, 7) is 0.596. The van der Waals surface area contributed by atoms with Crippen LogP contribution in [-0.2, 0) is 10.0 Å². The number of ether oxygens (including phenoxy) is 1. The predicted octanol–water partition coefficient (Wildman–Crippen LogP) is 2.02. The maximum absolute atomic E-state index is 12.2. The highest BCUT2D eigenvalue weighted by Gasteiger charge is 2.27. The molecule has 1 aliphatic rings. The van der Waals surface area contributed by atoms with Crippen LogP contribution in [0.2, 0.25) is 0 Å². The third-order valence-corrected chi connectivity index (χ3v) is 5.69. The highest BCUT2D eigenvalue weighted by Crippen LogP contribution is 2.24. The maximum Gasteiger partial charge on any atom is 0.251 e. The fraction of sp³-hybridized carbons (Fsp3) is 0.588. The molecule has 0 aliphatic heterocycles. The molecule has 1 aromatic rings. The molecule has 6 nitrogen and oxygen atoms in total. The Morgan fingerprint density at radius 3 is 2.62 bits per heavy atom. The van der Waals surface area contributed by atoms with E-state index in [9.17, 15) is 13.2 Å². The number of sulfonamides is 1. The summed E-state index contributed by atoms with van der Waals surface area (Å²) in [7, 11) is -1.73. The SMILES string of the molecule is COc1cccc(C(=O)NCCN(C2CCCCC2)S(C)(=O)=O)c1. The van der Waals surface area contributed by atoms with E-state index in [0.29, 0.717) is 24.4 Å². The van der Waals surface area contributed by atoms with Crippen molar-refractivity contribution in [3.8, 4) is 5.75 Å². The van der Waals surface area contributed by atoms with Gasteiger partial charge in [-0.25, -0.2) is 8.42 Å². The highest BCUT2D eigenvalue weighted by atomic mass is 32.2. The summed E-state index contributed by atoms with van der Waals surface area (Å²) in [6.07, 6.45) is 6.33. The van der Waals surface area contributed by atoms with E-state index < -0.39 is 10.0 Å². The number of hydrogen-bond donors (Lipinski definition) is 1. The van der Waals surface area contributed by atoms with E-state index in [2.05, 4.69) is 5.32 Å². The minimum Gasteiger partial charge on any atom is -0.497 e. The third kappa shape index (κ3) is 5.21. The predicted molar refractivity (Wildman–Crippen MR) is 93.8 cm³/mol. The molecule has 0 aromatic heterocycles. The van der Waals surface area contributed by atoms with Gasteiger partial charge in [0.25, 0.3) is 5.91 Å². The van der Waals surface area contributed by atoms with E-state index in [1.165, 1.54) is 17.0 Å². The molecule has 7 heteroatoms. The number of amides is 1. The largest absolute Gasteiger partial charge is 0.497 e. The molecule has 2 rings (SSSR count). The monoisotopic (exact) mass is 354 g/mol. The summed E-state index contributed by atoms with van der Waals surface area (Å²) in [4.78, 5) is 12.2. The van der Waals surface area contributed by atoms with Gasteiger partial charge in [-0.05, 0) is 31.0 Å². The molecule has 0 spiro atoms. The van der Waals surface area contributed by atoms with Crippen LogP contribution in [-0.4, -0.2) is 51.1 Å². The van der Waals surface area contributed by atoms with Crippen molar-refractivity contribution in [2.75, 3.05) is 26.5 Å². The molecule has 1 N–H and O–H groups in total. The second-order valence-electron chi connectivity index (χ2n) is 6.15. The van der Waals surface area contributed by atoms with Gasteiger partial charge in [-0.1, -0.05) is 25.3 Å². The fourth-order valence-corrected chi connectivity index (χ4v) is 4.31. The molecule has 0 saturated heterocycles. The van der Waals surface area contributed by atoms with Crippen molar-refractivity contribution in [2.45, 2.75) is 38.1 Å². The molecule has 1 amide bonds. The minimum absolute atomic E-state index is 0.0578. The molecular weight excluding hydrogens is 328 g/mol. The van der Waals surface area contributed by atoms with Gasteiger partial charge in [-0.15, -0.1) is 0 Å². The number of nitrogens with zero attached hydrogens (tertiary/aromatic N) is 1. The number of rotatable bonds is 7. The molecule has 1 aromatic carbocycles. The smallest absolute Gasteiger partial charge is 0.251 e. The van der Waals surface area contributed by atoms with E-state index in [4.69, 9.17) is 4.74 Å². The van der Waals surface area contributed by atoms with Gasteiger partial charge in [-0.2, -0.15) is 4.31 Å². The summed E-state index contributed by atoms with van der Waals surface area (Å²) < 4.78 is 30.8. The van der Waals surface area contributed by atoms with Crippen LogP contribution < -0.4 is 10.1 Å². The van der Waals surface area contributed by atoms with Crippen molar-refractivity contribution in [1.82, 2.24) is 9.62 Å². The van der Waals surface area contributed by atoms with E-state index in [0.717, 1.165) is 25.7 Å². The number of carbonyl (C=O) groups is 1. The molecule has 0 heterocycles. The molecule has 0 radical (unpaired) electrons. The van der Waals surface area contributed by atoms with Crippen LogP contribution in [0.3, 0.4) is 0 Å². The molecule has 0 unspecified atom stereocenters. The highest BCUT2D eigenvalue weighted by molar-refractivity contribution is 7.88. The third-order valence-electron chi connectivity index (χ3n) is 4.36. The van der Waals surface area contributed by atoms with Crippen LogP contribution in [0.5, 0.6) is 5.75 Å². The van der Waals surface area contributed by atoms with Crippen LogP contribution in [0.4, 0.5) is 0 Å². The number of benzene rings is 1. The lowest BCUT2D eigenvalue weighted by atomic mass is 9.95. The van der Waals surface area contributed by atoms with Crippen molar-refractivity contribution in [3.05, 3.63) is 29.8 Å². The van der Waals surface area contributed by atoms with Crippen LogP contribution in [0.15, 0.2) is 24.3 Å². The summed E-state index contributed by atoms with van der Waals surface area (Å²) >= 11 is 0. The van der Waals surface area contributed by atoms with Gasteiger partial charge < -0.3 is 10.1 Å². The average Bonchev–Trinajstić information content (AvgIpc) is 2.58. The Kier molecular flexibility index (Phi) is 6.62. The topological polar surface area (TPSA) is 75.7 Å². The van der Waals surface area contributed by atoms with Gasteiger partial charge in [0.05, 0.1) is 13.4 Å². The molecule has 0 bridgehead atoms. The fourth-order valence-electron chi connectivity index (χ4n) is 3.13. The lowest BCUT2D eigenvalue weighted by Gasteiger charge is -2.32. The van der Waals surface area contributed by atoms with Gasteiger partial charge in [0.2, 0.25) is 10.0 Å². The molecule has 24 heavy (non-hydrogen) atoms. The van der Waals surface area contributed by atoms with Gasteiger partial charge in [-0.3, -0.25) is 4.79 Å². The van der Waals surface area contributed by atoms with E-state index >= 15 is 0 Å². The second kappa shape index (κ2) is 8.48. The van der Waals surface area contributed by atoms with Crippen LogP contribution >= 0.6 is 0 Å². The zero-order chi connectivity index (χ0) is 17.6. The Bertz CT molecular complexity index is 654. The first kappa shape index (κ1) is 18.7. The van der Waals surface area contributed by atoms with Gasteiger partial charge in [0.1, 0.15) is 5.75 Å². The number of hydrogen-bond acceptors (Lipinski definition) is 4. The molecule has 1 fully saturated rings. The Morgan fingerprint density at radius 1 is 1.29 bits per heavy atom. The Morgan fingerprint density at radius 2 is 2.00 bits per heavy atom. The number of methoxy groups -OCH3 is 1. The standard InChI is InChI=1S/C17H26N2O4S/c1-23-16-10-6-7-14(13-16)17(20)18-11-12-19(24(2,21)22)15-8-4-3-5-9-15/h6-7,10,13,15H,3-5,8-9,11-12H2,1-2H3,(H,18,20). The molecular formula is C17H26N2O4S. The number of nitrogens with one attached hydrogen (secondary N) is 1. The van der Waals surface area contributed by atoms with Crippen molar-refractivity contribution in [3.63, 3.8) is 0 Å². The number of carbonyl (C=O) groups excluding carboxylic acids is 1. The maximum atomic E-state index is 12.2. The Hall–Kier alpha value is -1.60. The average molecular weight is 354 g/mol. The molecule has 1 aliphatic carbocycles. The van der Waals surface area contributed by atoms with Crippen LogP contribution in [0, 0.1) is 0 Å². The Labute approximate surface area is 144 Å². The van der Waals surface area contributed by atoms with E-state index in [-0.39, 0.29) is 11.9 Å². The minimum atomic E-state index is -3.28. The second-order valence-corrected chi connectivity index (χ2v) is 8.09. The van der Waals surface area contributed by atoms with E-state index in [1.807, 2.05) is 0 Å². The first-order chi connectivity index (χ1) is 11.4. The summed E-state index contributed by atoms with van der Waals surface area (Å²) in [6, 6.07) is 6.93. The first-order valence-electron chi connectivity index (χ1n) is 8.31. The first-order valence-corrected chi connectivity index (χ1v) is 10.2. The van der Waals surface area contributed by atoms with Gasteiger partial charge in [0.15, 0.2) is 0 Å². The molecule has 134 valence electrons. The van der Waals surface area contributed by atoms with Crippen LogP contribution in [0.25, 0.3) is 0 Å². The van der Waals surface area contributed by atoms with Crippen molar-refractivity contribution in [2.24, 2.45) is 0 Å². The van der Waals surface area contributed by atoms with Crippen molar-refractivity contribution < 1.29 is 17.9 Å². The molecule has 1 saturated carbocycles. The lowest BCUT2D eigenvalue weighted by Crippen LogP contribution is -2.45. The van der Waals surface area contributed by atoms with Crippen molar-refractivity contribution >= 4 is 15.9 Å². The van der Waals surface area contributed by atoms with Gasteiger partial charge >= 0.3 is 0 Å². The summed E-state index contributed by atoms with van der Waals surface area (Å²) in [5.74, 6) is 0.383. The quantitative estimate of drug-likeness (QED) is 0.813. The normalized spacial score (nSPS) is 16.1. The zero-order valence-corrected chi connectivity index (χ0v) is 15.1. The lowest BCUT2D eigenvalue weighted by molar-refractivity contribution is 0.0949.